The Labute approximate surface area is 182 Å². The van der Waals surface area contributed by atoms with Crippen LogP contribution in [0.3, 0.4) is 0 Å². The fraction of sp³-hybridized carbons (Fsp3) is 0.636. The van der Waals surface area contributed by atoms with Crippen molar-refractivity contribution in [3.05, 3.63) is 48.1 Å². The Morgan fingerprint density at radius 3 is 2.47 bits per heavy atom. The van der Waals surface area contributed by atoms with Crippen LogP contribution < -0.4 is 0 Å². The summed E-state index contributed by atoms with van der Waals surface area (Å²) in [6.07, 6.45) is 13.8. The highest BCUT2D eigenvalue weighted by molar-refractivity contribution is 8.03. The molecule has 5 aliphatic rings. The molecule has 7 nitrogen and oxygen atoms in total. The van der Waals surface area contributed by atoms with Crippen LogP contribution in [-0.2, 0) is 23.7 Å². The predicted molar refractivity (Wildman–Crippen MR) is 115 cm³/mol. The van der Waals surface area contributed by atoms with Crippen molar-refractivity contribution in [3.63, 3.8) is 0 Å². The minimum atomic E-state index is -0.484. The van der Waals surface area contributed by atoms with Crippen LogP contribution in [0.1, 0.15) is 0 Å². The first-order valence-electron chi connectivity index (χ1n) is 10.8. The molecule has 5 atom stereocenters. The standard InChI is InChI=1S/C22H30N2O5S/c1-3-10-27-18(5-1)21-22(19-17-26-14-15-28-19,20-6-2-4-16-30-20)24(9-13-29-21)23-7-11-25-12-8-23/h1-6,10,16,18-21H,7-9,11-15,17H2. The molecular formula is C22H30N2O5S. The van der Waals surface area contributed by atoms with Crippen molar-refractivity contribution in [1.29, 1.82) is 0 Å². The molecule has 5 unspecified atom stereocenters. The SMILES string of the molecule is C1=COC(C2OCCN(N3CCOCC3)C2(C2COCCO2)C2C=CC=CS2)C=C1. The molecule has 0 amide bonds. The smallest absolute Gasteiger partial charge is 0.144 e. The first-order chi connectivity index (χ1) is 14.9. The van der Waals surface area contributed by atoms with E-state index in [2.05, 4.69) is 39.7 Å². The maximum atomic E-state index is 6.54. The Balaban J connectivity index is 1.60. The summed E-state index contributed by atoms with van der Waals surface area (Å²) in [6.45, 7) is 6.40. The number of hydrogen-bond donors (Lipinski definition) is 0. The van der Waals surface area contributed by atoms with E-state index >= 15 is 0 Å². The predicted octanol–water partition coefficient (Wildman–Crippen LogP) is 1.74. The zero-order chi connectivity index (χ0) is 20.2. The van der Waals surface area contributed by atoms with Gasteiger partial charge in [0, 0.05) is 19.6 Å². The van der Waals surface area contributed by atoms with Crippen molar-refractivity contribution in [1.82, 2.24) is 10.0 Å². The van der Waals surface area contributed by atoms with Gasteiger partial charge in [-0.2, -0.15) is 0 Å². The van der Waals surface area contributed by atoms with Gasteiger partial charge in [0.1, 0.15) is 23.9 Å². The van der Waals surface area contributed by atoms with Gasteiger partial charge in [-0.05, 0) is 17.6 Å². The summed E-state index contributed by atoms with van der Waals surface area (Å²) in [5.41, 5.74) is -0.484. The number of thioether (sulfide) groups is 1. The Morgan fingerprint density at radius 2 is 1.73 bits per heavy atom. The molecule has 3 saturated heterocycles. The van der Waals surface area contributed by atoms with Crippen LogP contribution in [0.25, 0.3) is 0 Å². The van der Waals surface area contributed by atoms with E-state index < -0.39 is 5.54 Å². The van der Waals surface area contributed by atoms with Gasteiger partial charge >= 0.3 is 0 Å². The molecular weight excluding hydrogens is 404 g/mol. The molecule has 5 rings (SSSR count). The number of rotatable bonds is 4. The van der Waals surface area contributed by atoms with Crippen LogP contribution in [0.15, 0.2) is 48.1 Å². The highest BCUT2D eigenvalue weighted by atomic mass is 32.2. The molecule has 0 saturated carbocycles. The van der Waals surface area contributed by atoms with Crippen molar-refractivity contribution in [2.24, 2.45) is 0 Å². The lowest BCUT2D eigenvalue weighted by Gasteiger charge is -2.61. The second-order valence-corrected chi connectivity index (χ2v) is 8.94. The van der Waals surface area contributed by atoms with E-state index in [9.17, 15) is 0 Å². The second-order valence-electron chi connectivity index (χ2n) is 7.89. The van der Waals surface area contributed by atoms with E-state index in [-0.39, 0.29) is 23.6 Å². The van der Waals surface area contributed by atoms with Crippen molar-refractivity contribution < 1.29 is 23.7 Å². The molecule has 0 aromatic rings. The number of hydrogen-bond acceptors (Lipinski definition) is 8. The summed E-state index contributed by atoms with van der Waals surface area (Å²) in [7, 11) is 0. The Morgan fingerprint density at radius 1 is 0.833 bits per heavy atom. The number of morpholine rings is 2. The van der Waals surface area contributed by atoms with Gasteiger partial charge in [0.2, 0.25) is 0 Å². The largest absolute Gasteiger partial charge is 0.491 e. The summed E-state index contributed by atoms with van der Waals surface area (Å²) in [5.74, 6) is 0. The van der Waals surface area contributed by atoms with Crippen LogP contribution in [0, 0.1) is 0 Å². The third kappa shape index (κ3) is 3.79. The van der Waals surface area contributed by atoms with Gasteiger partial charge < -0.3 is 23.7 Å². The van der Waals surface area contributed by atoms with Gasteiger partial charge in [-0.15, -0.1) is 11.8 Å². The van der Waals surface area contributed by atoms with Crippen molar-refractivity contribution >= 4 is 11.8 Å². The minimum absolute atomic E-state index is 0.130. The van der Waals surface area contributed by atoms with Crippen LogP contribution >= 0.6 is 11.8 Å². The van der Waals surface area contributed by atoms with Gasteiger partial charge in [-0.3, -0.25) is 0 Å². The molecule has 3 fully saturated rings. The highest BCUT2D eigenvalue weighted by Gasteiger charge is 2.62. The van der Waals surface area contributed by atoms with Crippen LogP contribution in [0.5, 0.6) is 0 Å². The first kappa shape index (κ1) is 20.8. The van der Waals surface area contributed by atoms with E-state index in [1.807, 2.05) is 23.9 Å². The molecule has 0 aromatic heterocycles. The second kappa shape index (κ2) is 9.56. The third-order valence-corrected chi connectivity index (χ3v) is 7.49. The number of hydrazine groups is 1. The van der Waals surface area contributed by atoms with Gasteiger partial charge in [0.15, 0.2) is 0 Å². The topological polar surface area (TPSA) is 52.6 Å². The van der Waals surface area contributed by atoms with E-state index in [4.69, 9.17) is 23.7 Å². The zero-order valence-electron chi connectivity index (χ0n) is 17.1. The summed E-state index contributed by atoms with van der Waals surface area (Å²) < 4.78 is 30.7. The molecule has 0 spiro atoms. The molecule has 30 heavy (non-hydrogen) atoms. The highest BCUT2D eigenvalue weighted by Crippen LogP contribution is 2.45. The normalized spacial score (nSPS) is 40.4. The molecule has 5 heterocycles. The lowest BCUT2D eigenvalue weighted by Crippen LogP contribution is -2.79. The Bertz CT molecular complexity index is 702. The molecule has 8 heteroatoms. The van der Waals surface area contributed by atoms with Crippen molar-refractivity contribution in [2.75, 3.05) is 59.3 Å². The van der Waals surface area contributed by atoms with E-state index in [0.29, 0.717) is 26.4 Å². The summed E-state index contributed by atoms with van der Waals surface area (Å²) in [6, 6.07) is 0. The molecule has 164 valence electrons. The molecule has 0 bridgehead atoms. The van der Waals surface area contributed by atoms with E-state index in [1.54, 1.807) is 6.26 Å². The molecule has 0 radical (unpaired) electrons. The molecule has 0 aliphatic carbocycles. The van der Waals surface area contributed by atoms with E-state index in [1.165, 1.54) is 0 Å². The lowest BCUT2D eigenvalue weighted by molar-refractivity contribution is -0.284. The van der Waals surface area contributed by atoms with E-state index in [0.717, 1.165) is 32.8 Å². The zero-order valence-corrected chi connectivity index (χ0v) is 18.0. The Hall–Kier alpha value is -1.13. The third-order valence-electron chi connectivity index (χ3n) is 6.35. The number of ether oxygens (including phenoxy) is 5. The van der Waals surface area contributed by atoms with Crippen molar-refractivity contribution in [2.45, 2.75) is 29.1 Å². The van der Waals surface area contributed by atoms with Gasteiger partial charge in [0.05, 0.1) is 51.2 Å². The van der Waals surface area contributed by atoms with Crippen LogP contribution in [0.2, 0.25) is 0 Å². The lowest BCUT2D eigenvalue weighted by atomic mass is 9.77. The van der Waals surface area contributed by atoms with Crippen LogP contribution in [-0.4, -0.2) is 98.4 Å². The fourth-order valence-electron chi connectivity index (χ4n) is 5.10. The molecule has 0 N–H and O–H groups in total. The first-order valence-corrected chi connectivity index (χ1v) is 11.7. The monoisotopic (exact) mass is 434 g/mol. The van der Waals surface area contributed by atoms with Gasteiger partial charge in [0.25, 0.3) is 0 Å². The van der Waals surface area contributed by atoms with Gasteiger partial charge in [-0.1, -0.05) is 24.3 Å². The van der Waals surface area contributed by atoms with Crippen molar-refractivity contribution in [3.8, 4) is 0 Å². The minimum Gasteiger partial charge on any atom is -0.491 e. The molecule has 0 aromatic carbocycles. The average molecular weight is 435 g/mol. The summed E-state index contributed by atoms with van der Waals surface area (Å²) in [4.78, 5) is 0. The maximum absolute atomic E-state index is 6.54. The fourth-order valence-corrected chi connectivity index (χ4v) is 6.26. The summed E-state index contributed by atoms with van der Waals surface area (Å²) >= 11 is 1.82. The maximum Gasteiger partial charge on any atom is 0.144 e. The summed E-state index contributed by atoms with van der Waals surface area (Å²) in [5, 5.41) is 7.24. The Kier molecular flexibility index (Phi) is 6.62. The number of allylic oxidation sites excluding steroid dienone is 4. The average Bonchev–Trinajstić information content (AvgIpc) is 2.85. The quantitative estimate of drug-likeness (QED) is 0.663. The van der Waals surface area contributed by atoms with Crippen LogP contribution in [0.4, 0.5) is 0 Å². The molecule has 5 aliphatic heterocycles. The van der Waals surface area contributed by atoms with Gasteiger partial charge in [-0.25, -0.2) is 10.0 Å². The number of nitrogens with zero attached hydrogens (tertiary/aromatic N) is 2.